The van der Waals surface area contributed by atoms with Gasteiger partial charge in [-0.2, -0.15) is 0 Å². The number of rotatable bonds is 4. The second-order valence-corrected chi connectivity index (χ2v) is 5.33. The molecule has 1 N–H and O–H groups in total. The van der Waals surface area contributed by atoms with Crippen molar-refractivity contribution >= 4 is 0 Å². The van der Waals surface area contributed by atoms with Gasteiger partial charge in [0.1, 0.15) is 0 Å². The smallest absolute Gasteiger partial charge is 0.00382 e. The molecule has 0 bridgehead atoms. The van der Waals surface area contributed by atoms with Crippen LogP contribution in [0.25, 0.3) is 0 Å². The molecule has 94 valence electrons. The molecule has 0 aliphatic heterocycles. The zero-order valence-corrected chi connectivity index (χ0v) is 12.3. The molecule has 0 atom stereocenters. The molecule has 0 saturated carbocycles. The van der Waals surface area contributed by atoms with Crippen LogP contribution in [0.1, 0.15) is 55.4 Å². The van der Waals surface area contributed by atoms with Gasteiger partial charge in [-0.3, -0.25) is 0 Å². The monoisotopic (exact) mass is 216 g/mol. The summed E-state index contributed by atoms with van der Waals surface area (Å²) in [6, 6.07) is 2.60. The maximum atomic E-state index is 3.31. The summed E-state index contributed by atoms with van der Waals surface area (Å²) in [5, 5.41) is 3.31. The minimum atomic E-state index is 0.625. The van der Waals surface area contributed by atoms with Gasteiger partial charge in [0.05, 0.1) is 0 Å². The lowest BCUT2D eigenvalue weighted by Gasteiger charge is -2.24. The van der Waals surface area contributed by atoms with Crippen LogP contribution in [0.3, 0.4) is 0 Å². The van der Waals surface area contributed by atoms with E-state index in [9.17, 15) is 0 Å². The van der Waals surface area contributed by atoms with Crippen molar-refractivity contribution < 1.29 is 0 Å². The van der Waals surface area contributed by atoms with Gasteiger partial charge >= 0.3 is 0 Å². The molecule has 0 spiro atoms. The first-order valence-electron chi connectivity index (χ1n) is 6.16. The second kappa shape index (κ2) is 9.17. The highest BCUT2D eigenvalue weighted by molar-refractivity contribution is 4.60. The molecule has 0 aromatic carbocycles. The summed E-state index contributed by atoms with van der Waals surface area (Å²) in [7, 11) is 2.15. The Morgan fingerprint density at radius 3 is 0.933 bits per heavy atom. The van der Waals surface area contributed by atoms with Crippen molar-refractivity contribution in [3.05, 3.63) is 0 Å². The molecule has 2 heteroatoms. The Labute approximate surface area is 97.4 Å². The summed E-state index contributed by atoms with van der Waals surface area (Å²) in [6.45, 7) is 17.4. The fraction of sp³-hybridized carbons (Fsp3) is 1.00. The predicted octanol–water partition coefficient (Wildman–Crippen LogP) is 3.13. The normalized spacial score (nSPS) is 11.6. The van der Waals surface area contributed by atoms with Gasteiger partial charge in [-0.15, -0.1) is 0 Å². The van der Waals surface area contributed by atoms with Crippen LogP contribution in [0, 0.1) is 0 Å². The zero-order chi connectivity index (χ0) is 12.6. The van der Waals surface area contributed by atoms with Gasteiger partial charge in [-0.1, -0.05) is 27.7 Å². The molecule has 0 heterocycles. The van der Waals surface area contributed by atoms with Crippen molar-refractivity contribution in [3.63, 3.8) is 0 Å². The Balaban J connectivity index is 0. The van der Waals surface area contributed by atoms with Crippen LogP contribution in [0.15, 0.2) is 0 Å². The Hall–Kier alpha value is -0.0800. The van der Waals surface area contributed by atoms with E-state index in [0.29, 0.717) is 24.2 Å². The third-order valence-electron chi connectivity index (χ3n) is 2.30. The van der Waals surface area contributed by atoms with E-state index >= 15 is 0 Å². The van der Waals surface area contributed by atoms with Crippen LogP contribution >= 0.6 is 0 Å². The van der Waals surface area contributed by atoms with E-state index in [1.54, 1.807) is 0 Å². The van der Waals surface area contributed by atoms with E-state index in [1.807, 2.05) is 0 Å². The van der Waals surface area contributed by atoms with E-state index in [2.05, 4.69) is 72.7 Å². The Morgan fingerprint density at radius 1 is 0.667 bits per heavy atom. The summed E-state index contributed by atoms with van der Waals surface area (Å²) in [5.74, 6) is 0. The largest absolute Gasteiger partial charge is 0.312 e. The third-order valence-corrected chi connectivity index (χ3v) is 2.30. The molecule has 0 aromatic heterocycles. The highest BCUT2D eigenvalue weighted by Gasteiger charge is 2.04. The quantitative estimate of drug-likeness (QED) is 0.777. The summed E-state index contributed by atoms with van der Waals surface area (Å²) >= 11 is 0. The van der Waals surface area contributed by atoms with Gasteiger partial charge in [0.15, 0.2) is 0 Å². The minimum Gasteiger partial charge on any atom is -0.312 e. The Bertz CT molecular complexity index is 114. The molecule has 0 fully saturated rings. The fourth-order valence-electron chi connectivity index (χ4n) is 1.26. The highest BCUT2D eigenvalue weighted by Crippen LogP contribution is 1.98. The number of hydrogen-bond donors (Lipinski definition) is 1. The zero-order valence-electron chi connectivity index (χ0n) is 12.3. The van der Waals surface area contributed by atoms with E-state index < -0.39 is 0 Å². The molecule has 2 nitrogen and oxygen atoms in total. The molecule has 0 amide bonds. The van der Waals surface area contributed by atoms with Crippen LogP contribution in [0.4, 0.5) is 0 Å². The van der Waals surface area contributed by atoms with Gasteiger partial charge in [0.2, 0.25) is 0 Å². The summed E-state index contributed by atoms with van der Waals surface area (Å²) in [5.41, 5.74) is 0. The fourth-order valence-corrected chi connectivity index (χ4v) is 1.26. The van der Waals surface area contributed by atoms with E-state index in [0.717, 1.165) is 0 Å². The van der Waals surface area contributed by atoms with Gasteiger partial charge in [0, 0.05) is 24.2 Å². The number of hydrogen-bond acceptors (Lipinski definition) is 2. The molecule has 0 aliphatic rings. The lowest BCUT2D eigenvalue weighted by atomic mass is 10.3. The van der Waals surface area contributed by atoms with Gasteiger partial charge < -0.3 is 10.2 Å². The first-order chi connectivity index (χ1) is 6.68. The van der Waals surface area contributed by atoms with Crippen LogP contribution in [0.5, 0.6) is 0 Å². The molecule has 0 aromatic rings. The molecule has 0 aliphatic carbocycles. The summed E-state index contributed by atoms with van der Waals surface area (Å²) in [6.07, 6.45) is 0. The first-order valence-corrected chi connectivity index (χ1v) is 6.16. The molecule has 0 radical (unpaired) electrons. The van der Waals surface area contributed by atoms with Crippen LogP contribution in [0.2, 0.25) is 0 Å². The predicted molar refractivity (Wildman–Crippen MR) is 71.4 cm³/mol. The average Bonchev–Trinajstić information content (AvgIpc) is 2.00. The topological polar surface area (TPSA) is 15.3 Å². The van der Waals surface area contributed by atoms with E-state index in [1.165, 1.54) is 0 Å². The van der Waals surface area contributed by atoms with Crippen molar-refractivity contribution in [2.45, 2.75) is 79.6 Å². The maximum absolute atomic E-state index is 3.31. The van der Waals surface area contributed by atoms with Crippen LogP contribution in [-0.2, 0) is 0 Å². The minimum absolute atomic E-state index is 0.625. The van der Waals surface area contributed by atoms with E-state index in [-0.39, 0.29) is 0 Å². The van der Waals surface area contributed by atoms with Gasteiger partial charge in [-0.05, 0) is 34.7 Å². The Kier molecular flexibility index (Phi) is 10.6. The second-order valence-electron chi connectivity index (χ2n) is 5.33. The molecule has 0 saturated heterocycles. The van der Waals surface area contributed by atoms with Crippen LogP contribution < -0.4 is 5.32 Å². The molecule has 0 rings (SSSR count). The van der Waals surface area contributed by atoms with Crippen molar-refractivity contribution in [1.29, 1.82) is 0 Å². The van der Waals surface area contributed by atoms with Crippen molar-refractivity contribution in [3.8, 4) is 0 Å². The molecular formula is C13H32N2. The summed E-state index contributed by atoms with van der Waals surface area (Å²) < 4.78 is 0. The average molecular weight is 216 g/mol. The molecular weight excluding hydrogens is 184 g/mol. The van der Waals surface area contributed by atoms with Gasteiger partial charge in [0.25, 0.3) is 0 Å². The lowest BCUT2D eigenvalue weighted by molar-refractivity contribution is 0.222. The molecule has 0 unspecified atom stereocenters. The van der Waals surface area contributed by atoms with Crippen molar-refractivity contribution in [1.82, 2.24) is 10.2 Å². The first kappa shape index (κ1) is 17.3. The lowest BCUT2D eigenvalue weighted by Crippen LogP contribution is -2.32. The summed E-state index contributed by atoms with van der Waals surface area (Å²) in [4.78, 5) is 2.33. The highest BCUT2D eigenvalue weighted by atomic mass is 15.1. The van der Waals surface area contributed by atoms with E-state index in [4.69, 9.17) is 0 Å². The van der Waals surface area contributed by atoms with Crippen molar-refractivity contribution in [2.24, 2.45) is 0 Å². The van der Waals surface area contributed by atoms with Crippen LogP contribution in [-0.4, -0.2) is 36.1 Å². The third kappa shape index (κ3) is 13.9. The standard InChI is InChI=1S/C7H17N.C6H15N/c1-6(2)8(5)7(3)4;1-5(2)7-6(3)4/h6-7H,1-5H3;5-7H,1-4H3. The maximum Gasteiger partial charge on any atom is 0.00382 e. The SMILES string of the molecule is CC(C)N(C)C(C)C.CC(C)NC(C)C. The number of nitrogens with one attached hydrogen (secondary N) is 1. The van der Waals surface area contributed by atoms with Crippen molar-refractivity contribution in [2.75, 3.05) is 7.05 Å². The van der Waals surface area contributed by atoms with Gasteiger partial charge in [-0.25, -0.2) is 0 Å². The molecule has 15 heavy (non-hydrogen) atoms. The Morgan fingerprint density at radius 2 is 0.933 bits per heavy atom. The number of nitrogens with zero attached hydrogens (tertiary/aromatic N) is 1.